The van der Waals surface area contributed by atoms with Crippen molar-refractivity contribution >= 4 is 39.0 Å². The number of hydrogen-bond donors (Lipinski definition) is 2. The Hall–Kier alpha value is -3.46. The Balaban J connectivity index is 1.78. The highest BCUT2D eigenvalue weighted by atomic mass is 32.1. The molecule has 9 heteroatoms. The summed E-state index contributed by atoms with van der Waals surface area (Å²) in [6, 6.07) is 13.9. The predicted molar refractivity (Wildman–Crippen MR) is 105 cm³/mol. The van der Waals surface area contributed by atoms with Crippen molar-refractivity contribution in [1.29, 1.82) is 0 Å². The minimum atomic E-state index is -4.65. The number of anilines is 2. The Morgan fingerprint density at radius 1 is 1.03 bits per heavy atom. The van der Waals surface area contributed by atoms with Crippen molar-refractivity contribution in [3.05, 3.63) is 71.2 Å². The molecule has 0 amide bonds. The molecule has 2 aromatic heterocycles. The summed E-state index contributed by atoms with van der Waals surface area (Å²) in [5, 5.41) is 14.2. The van der Waals surface area contributed by atoms with Crippen LogP contribution >= 0.6 is 11.3 Å². The summed E-state index contributed by atoms with van der Waals surface area (Å²) >= 11 is 1.42. The van der Waals surface area contributed by atoms with Gasteiger partial charge in [-0.05, 0) is 36.4 Å². The van der Waals surface area contributed by atoms with Crippen LogP contribution in [-0.4, -0.2) is 21.0 Å². The van der Waals surface area contributed by atoms with Crippen LogP contribution in [0.25, 0.3) is 21.3 Å². The van der Waals surface area contributed by atoms with Crippen LogP contribution in [0, 0.1) is 0 Å². The number of rotatable bonds is 4. The van der Waals surface area contributed by atoms with Crippen LogP contribution in [0.1, 0.15) is 16.1 Å². The minimum Gasteiger partial charge on any atom is -0.478 e. The predicted octanol–water partition coefficient (Wildman–Crippen LogP) is 5.82. The van der Waals surface area contributed by atoms with Gasteiger partial charge in [-0.3, -0.25) is 0 Å². The van der Waals surface area contributed by atoms with E-state index < -0.39 is 17.8 Å². The maximum absolute atomic E-state index is 13.4. The summed E-state index contributed by atoms with van der Waals surface area (Å²) < 4.78 is 41.1. The van der Waals surface area contributed by atoms with E-state index in [9.17, 15) is 18.0 Å². The zero-order valence-electron chi connectivity index (χ0n) is 14.6. The van der Waals surface area contributed by atoms with E-state index in [1.54, 1.807) is 5.38 Å². The van der Waals surface area contributed by atoms with Crippen LogP contribution in [0.4, 0.5) is 24.8 Å². The van der Waals surface area contributed by atoms with Gasteiger partial charge in [0.15, 0.2) is 5.69 Å². The second-order valence-electron chi connectivity index (χ2n) is 6.11. The Bertz CT molecular complexity index is 1200. The number of fused-ring (bicyclic) bond motifs is 1. The van der Waals surface area contributed by atoms with Crippen molar-refractivity contribution < 1.29 is 23.1 Å². The molecular weight excluding hydrogens is 403 g/mol. The van der Waals surface area contributed by atoms with Crippen molar-refractivity contribution in [3.63, 3.8) is 0 Å². The molecule has 4 rings (SSSR count). The van der Waals surface area contributed by atoms with E-state index in [4.69, 9.17) is 5.11 Å². The number of carbonyl (C=O) groups is 1. The van der Waals surface area contributed by atoms with E-state index in [-0.39, 0.29) is 17.2 Å². The summed E-state index contributed by atoms with van der Waals surface area (Å²) in [4.78, 5) is 18.8. The number of aromatic nitrogens is 2. The molecular formula is C20H12F3N3O2S. The second-order valence-corrected chi connectivity index (χ2v) is 7.02. The second kappa shape index (κ2) is 7.17. The van der Waals surface area contributed by atoms with E-state index in [1.807, 2.05) is 24.3 Å². The minimum absolute atomic E-state index is 0.0611. The van der Waals surface area contributed by atoms with Gasteiger partial charge in [0, 0.05) is 26.7 Å². The van der Waals surface area contributed by atoms with Crippen LogP contribution in [0.5, 0.6) is 0 Å². The number of nitrogens with one attached hydrogen (secondary N) is 1. The monoisotopic (exact) mass is 415 g/mol. The molecule has 0 saturated heterocycles. The van der Waals surface area contributed by atoms with Crippen molar-refractivity contribution in [3.8, 4) is 11.3 Å². The molecule has 2 aromatic carbocycles. The summed E-state index contributed by atoms with van der Waals surface area (Å²) in [7, 11) is 0. The third kappa shape index (κ3) is 3.90. The van der Waals surface area contributed by atoms with Gasteiger partial charge in [-0.1, -0.05) is 18.2 Å². The van der Waals surface area contributed by atoms with Crippen molar-refractivity contribution in [2.75, 3.05) is 5.32 Å². The van der Waals surface area contributed by atoms with Crippen molar-refractivity contribution in [2.24, 2.45) is 0 Å². The van der Waals surface area contributed by atoms with E-state index >= 15 is 0 Å². The van der Waals surface area contributed by atoms with Gasteiger partial charge >= 0.3 is 12.1 Å². The number of carboxylic acid groups (broad SMARTS) is 1. The van der Waals surface area contributed by atoms with Gasteiger partial charge in [-0.15, -0.1) is 11.3 Å². The molecule has 0 aliphatic rings. The van der Waals surface area contributed by atoms with E-state index in [0.29, 0.717) is 11.3 Å². The number of alkyl halides is 3. The number of hydrogen-bond acceptors (Lipinski definition) is 5. The van der Waals surface area contributed by atoms with Crippen LogP contribution < -0.4 is 5.32 Å². The molecule has 0 unspecified atom stereocenters. The highest BCUT2D eigenvalue weighted by Gasteiger charge is 2.34. The van der Waals surface area contributed by atoms with Gasteiger partial charge in [0.05, 0.1) is 11.3 Å². The lowest BCUT2D eigenvalue weighted by atomic mass is 10.1. The first-order chi connectivity index (χ1) is 13.8. The van der Waals surface area contributed by atoms with Crippen molar-refractivity contribution in [2.45, 2.75) is 6.18 Å². The number of nitrogens with zero attached hydrogens (tertiary/aromatic N) is 2. The van der Waals surface area contributed by atoms with Crippen molar-refractivity contribution in [1.82, 2.24) is 9.97 Å². The summed E-state index contributed by atoms with van der Waals surface area (Å²) in [6.45, 7) is 0. The van der Waals surface area contributed by atoms with Gasteiger partial charge in [0.2, 0.25) is 5.95 Å². The van der Waals surface area contributed by atoms with E-state index in [0.717, 1.165) is 16.2 Å². The van der Waals surface area contributed by atoms with Crippen LogP contribution in [0.2, 0.25) is 0 Å². The first kappa shape index (κ1) is 18.9. The fraction of sp³-hybridized carbons (Fsp3) is 0.0500. The first-order valence-electron chi connectivity index (χ1n) is 8.34. The molecule has 0 bridgehead atoms. The molecule has 0 aliphatic heterocycles. The highest BCUT2D eigenvalue weighted by molar-refractivity contribution is 7.17. The van der Waals surface area contributed by atoms with Gasteiger partial charge in [-0.25, -0.2) is 14.8 Å². The standard InChI is InChI=1S/C20H12F3N3O2S/c21-20(22,23)17-9-15(14-10-29-16-4-2-1-3-13(14)16)25-19(26-17)24-12-7-5-11(6-8-12)18(27)28/h1-10H,(H,27,28)(H,24,25,26). The maximum atomic E-state index is 13.4. The molecule has 29 heavy (non-hydrogen) atoms. The highest BCUT2D eigenvalue weighted by Crippen LogP contribution is 2.36. The van der Waals surface area contributed by atoms with Gasteiger partial charge in [-0.2, -0.15) is 13.2 Å². The molecule has 0 aliphatic carbocycles. The molecule has 0 spiro atoms. The van der Waals surface area contributed by atoms with Crippen LogP contribution in [-0.2, 0) is 6.18 Å². The zero-order chi connectivity index (χ0) is 20.6. The lowest BCUT2D eigenvalue weighted by Gasteiger charge is -2.12. The van der Waals surface area contributed by atoms with Crippen LogP contribution in [0.3, 0.4) is 0 Å². The molecule has 5 nitrogen and oxygen atoms in total. The Morgan fingerprint density at radius 3 is 2.45 bits per heavy atom. The molecule has 4 aromatic rings. The number of aromatic carboxylic acids is 1. The zero-order valence-corrected chi connectivity index (χ0v) is 15.4. The molecule has 146 valence electrons. The Labute approximate surface area is 166 Å². The summed E-state index contributed by atoms with van der Waals surface area (Å²) in [5.41, 5.74) is 0.0982. The number of benzene rings is 2. The first-order valence-corrected chi connectivity index (χ1v) is 9.22. The molecule has 0 fully saturated rings. The lowest BCUT2D eigenvalue weighted by molar-refractivity contribution is -0.141. The largest absolute Gasteiger partial charge is 0.478 e. The fourth-order valence-electron chi connectivity index (χ4n) is 2.79. The third-order valence-electron chi connectivity index (χ3n) is 4.16. The topological polar surface area (TPSA) is 75.1 Å². The van der Waals surface area contributed by atoms with E-state index in [2.05, 4.69) is 15.3 Å². The van der Waals surface area contributed by atoms with Gasteiger partial charge in [0.1, 0.15) is 0 Å². The molecule has 0 saturated carbocycles. The van der Waals surface area contributed by atoms with E-state index in [1.165, 1.54) is 35.6 Å². The van der Waals surface area contributed by atoms with Gasteiger partial charge in [0.25, 0.3) is 0 Å². The average Bonchev–Trinajstić information content (AvgIpc) is 3.12. The average molecular weight is 415 g/mol. The number of carboxylic acids is 1. The third-order valence-corrected chi connectivity index (χ3v) is 5.12. The fourth-order valence-corrected chi connectivity index (χ4v) is 3.74. The SMILES string of the molecule is O=C(O)c1ccc(Nc2nc(-c3csc4ccccc34)cc(C(F)(F)F)n2)cc1. The molecule has 0 atom stereocenters. The molecule has 2 N–H and O–H groups in total. The molecule has 0 radical (unpaired) electrons. The van der Waals surface area contributed by atoms with Gasteiger partial charge < -0.3 is 10.4 Å². The quantitative estimate of drug-likeness (QED) is 0.439. The molecule has 2 heterocycles. The normalized spacial score (nSPS) is 11.6. The number of halogens is 3. The summed E-state index contributed by atoms with van der Waals surface area (Å²) in [6.07, 6.45) is -4.65. The Kier molecular flexibility index (Phi) is 4.67. The lowest BCUT2D eigenvalue weighted by Crippen LogP contribution is -2.11. The smallest absolute Gasteiger partial charge is 0.433 e. The number of thiophene rings is 1. The Morgan fingerprint density at radius 2 is 1.76 bits per heavy atom. The maximum Gasteiger partial charge on any atom is 0.433 e. The summed E-state index contributed by atoms with van der Waals surface area (Å²) in [5.74, 6) is -1.33. The van der Waals surface area contributed by atoms with Crippen LogP contribution in [0.15, 0.2) is 60.0 Å².